The number of aryl methyl sites for hydroxylation is 1. The molecule has 13 heteroatoms. The Bertz CT molecular complexity index is 1390. The molecule has 1 aliphatic heterocycles. The monoisotopic (exact) mass is 680 g/mol. The van der Waals surface area contributed by atoms with Gasteiger partial charge in [-0.1, -0.05) is 78.1 Å². The van der Waals surface area contributed by atoms with Crippen molar-refractivity contribution in [2.24, 2.45) is 5.92 Å². The van der Waals surface area contributed by atoms with Gasteiger partial charge in [0.2, 0.25) is 5.82 Å². The minimum Gasteiger partial charge on any atom is -0.481 e. The van der Waals surface area contributed by atoms with Gasteiger partial charge in [-0.3, -0.25) is 4.79 Å². The van der Waals surface area contributed by atoms with E-state index in [-0.39, 0.29) is 18.4 Å². The second-order valence-corrected chi connectivity index (χ2v) is 13.9. The maximum atomic E-state index is 13.3. The fourth-order valence-electron chi connectivity index (χ4n) is 6.39. The summed E-state index contributed by atoms with van der Waals surface area (Å²) >= 11 is 1.64. The van der Waals surface area contributed by atoms with Crippen molar-refractivity contribution in [3.63, 3.8) is 0 Å². The minimum atomic E-state index is -4.51. The molecule has 0 amide bonds. The van der Waals surface area contributed by atoms with Crippen molar-refractivity contribution in [2.75, 3.05) is 19.7 Å². The van der Waals surface area contributed by atoms with Crippen molar-refractivity contribution >= 4 is 27.5 Å². The van der Waals surface area contributed by atoms with Crippen LogP contribution in [0.15, 0.2) is 6.07 Å². The highest BCUT2D eigenvalue weighted by molar-refractivity contribution is 7.18. The lowest BCUT2D eigenvalue weighted by Crippen LogP contribution is -2.24. The fourth-order valence-corrected chi connectivity index (χ4v) is 7.51. The van der Waals surface area contributed by atoms with Crippen molar-refractivity contribution < 1.29 is 27.8 Å². The molecule has 2 N–H and O–H groups in total. The number of halogens is 3. The predicted octanol–water partition coefficient (Wildman–Crippen LogP) is 8.35. The van der Waals surface area contributed by atoms with E-state index in [1.165, 1.54) is 54.4 Å². The second-order valence-electron chi connectivity index (χ2n) is 12.7. The summed E-state index contributed by atoms with van der Waals surface area (Å²) in [5, 5.41) is 20.1. The van der Waals surface area contributed by atoms with Gasteiger partial charge in [0.25, 0.3) is 0 Å². The lowest BCUT2D eigenvalue weighted by molar-refractivity contribution is -0.147. The molecule has 1 unspecified atom stereocenters. The molecule has 0 aromatic carbocycles. The van der Waals surface area contributed by atoms with E-state index in [2.05, 4.69) is 40.4 Å². The number of aromatic nitrogens is 5. The summed E-state index contributed by atoms with van der Waals surface area (Å²) in [5.41, 5.74) is 0.836. The summed E-state index contributed by atoms with van der Waals surface area (Å²) in [5.74, 6) is -1.27. The molecule has 1 atom stereocenters. The van der Waals surface area contributed by atoms with Gasteiger partial charge in [0.1, 0.15) is 17.3 Å². The van der Waals surface area contributed by atoms with Crippen LogP contribution in [0.2, 0.25) is 0 Å². The molecule has 3 aromatic heterocycles. The Hall–Kier alpha value is -2.80. The molecule has 262 valence electrons. The number of alkyl halides is 3. The summed E-state index contributed by atoms with van der Waals surface area (Å²) in [6.07, 6.45) is 12.7. The van der Waals surface area contributed by atoms with Crippen LogP contribution < -0.4 is 10.1 Å². The Labute approximate surface area is 280 Å². The Kier molecular flexibility index (Phi) is 14.7. The summed E-state index contributed by atoms with van der Waals surface area (Å²) < 4.78 is 47.1. The number of rotatable bonds is 17. The number of carbonyl (C=O) groups is 1. The first kappa shape index (κ1) is 37.0. The third-order valence-corrected chi connectivity index (χ3v) is 10.1. The largest absolute Gasteiger partial charge is 0.481 e. The normalized spacial score (nSPS) is 16.7. The highest BCUT2D eigenvalue weighted by Gasteiger charge is 2.40. The molecule has 4 heterocycles. The highest BCUT2D eigenvalue weighted by atomic mass is 32.1. The maximum absolute atomic E-state index is 13.3. The molecule has 1 fully saturated rings. The number of nitrogens with zero attached hydrogens (tertiary/aromatic N) is 5. The Balaban J connectivity index is 0.000000546. The van der Waals surface area contributed by atoms with E-state index >= 15 is 0 Å². The Morgan fingerprint density at radius 1 is 1.00 bits per heavy atom. The van der Waals surface area contributed by atoms with Crippen molar-refractivity contribution in [1.29, 1.82) is 0 Å². The number of nitrogens with one attached hydrogen (secondary N) is 1. The van der Waals surface area contributed by atoms with Gasteiger partial charge in [0, 0.05) is 35.7 Å². The smallest absolute Gasteiger partial charge is 0.451 e. The Morgan fingerprint density at radius 3 is 2.38 bits per heavy atom. The van der Waals surface area contributed by atoms with Gasteiger partial charge >= 0.3 is 18.2 Å². The first-order valence-electron chi connectivity index (χ1n) is 17.6. The zero-order valence-corrected chi connectivity index (χ0v) is 28.7. The first-order chi connectivity index (χ1) is 22.7. The van der Waals surface area contributed by atoms with Gasteiger partial charge in [0.15, 0.2) is 0 Å². The van der Waals surface area contributed by atoms with E-state index in [0.717, 1.165) is 67.4 Å². The molecule has 0 spiro atoms. The van der Waals surface area contributed by atoms with Crippen LogP contribution in [0.3, 0.4) is 0 Å². The fraction of sp³-hybridized carbons (Fsp3) is 0.735. The van der Waals surface area contributed by atoms with E-state index in [4.69, 9.17) is 14.8 Å². The molecule has 1 saturated carbocycles. The highest BCUT2D eigenvalue weighted by Crippen LogP contribution is 2.38. The second kappa shape index (κ2) is 18.7. The first-order valence-corrected chi connectivity index (χ1v) is 18.4. The maximum Gasteiger partial charge on any atom is 0.451 e. The van der Waals surface area contributed by atoms with E-state index in [0.29, 0.717) is 37.8 Å². The van der Waals surface area contributed by atoms with Crippen LogP contribution in [-0.2, 0) is 30.4 Å². The number of fused-ring (bicyclic) bond motifs is 2. The van der Waals surface area contributed by atoms with Gasteiger partial charge < -0.3 is 19.7 Å². The van der Waals surface area contributed by atoms with Crippen LogP contribution in [0.1, 0.15) is 132 Å². The van der Waals surface area contributed by atoms with Gasteiger partial charge in [-0.05, 0) is 44.7 Å². The number of unbranched alkanes of at least 4 members (excludes halogenated alkanes) is 7. The Morgan fingerprint density at radius 2 is 1.72 bits per heavy atom. The van der Waals surface area contributed by atoms with Crippen LogP contribution in [0.25, 0.3) is 10.2 Å². The van der Waals surface area contributed by atoms with Crippen LogP contribution in [0.5, 0.6) is 6.01 Å². The standard InChI is InChI=1S/C28H41F3N6OS.C6H10O2/c1-3-5-6-7-8-9-10-11-14-32-15-17-38-27-33-24(22-19-21(12-4-2)39-25(22)34-27)20-13-16-37-23(18-20)35-36-26(37)28(29,30)31;7-6(8)5-3-1-2-4-5/h19-20,32H,3-18H2,1-2H3;5H,1-4H2,(H,7,8). The summed E-state index contributed by atoms with van der Waals surface area (Å²) in [6.45, 7) is 6.73. The van der Waals surface area contributed by atoms with Crippen LogP contribution in [0.4, 0.5) is 13.2 Å². The molecule has 9 nitrogen and oxygen atoms in total. The third-order valence-electron chi connectivity index (χ3n) is 8.97. The molecule has 1 aliphatic carbocycles. The quantitative estimate of drug-likeness (QED) is 0.137. The zero-order valence-electron chi connectivity index (χ0n) is 27.9. The molecular weight excluding hydrogens is 629 g/mol. The van der Waals surface area contributed by atoms with E-state index < -0.39 is 18.0 Å². The SMILES string of the molecule is CCCCCCCCCCNCCOc1nc(C2CCn3c(nnc3C(F)(F)F)C2)c2cc(CCC)sc2n1.O=C(O)C1CCCC1. The molecule has 0 bridgehead atoms. The zero-order chi connectivity index (χ0) is 33.6. The lowest BCUT2D eigenvalue weighted by atomic mass is 9.92. The van der Waals surface area contributed by atoms with Crippen molar-refractivity contribution in [2.45, 2.75) is 135 Å². The number of hydrogen-bond acceptors (Lipinski definition) is 8. The predicted molar refractivity (Wildman–Crippen MR) is 178 cm³/mol. The van der Waals surface area contributed by atoms with Crippen molar-refractivity contribution in [3.8, 4) is 6.01 Å². The van der Waals surface area contributed by atoms with Crippen LogP contribution in [-0.4, -0.2) is 55.5 Å². The molecular formula is C34H51F3N6O3S. The number of hydrogen-bond donors (Lipinski definition) is 2. The van der Waals surface area contributed by atoms with E-state index in [1.807, 2.05) is 0 Å². The number of carboxylic acid groups (broad SMARTS) is 1. The van der Waals surface area contributed by atoms with Crippen LogP contribution >= 0.6 is 11.3 Å². The van der Waals surface area contributed by atoms with Gasteiger partial charge in [-0.15, -0.1) is 21.5 Å². The molecule has 3 aromatic rings. The van der Waals surface area contributed by atoms with Gasteiger partial charge in [0.05, 0.1) is 11.6 Å². The minimum absolute atomic E-state index is 0.0185. The molecule has 0 radical (unpaired) electrons. The summed E-state index contributed by atoms with van der Waals surface area (Å²) in [6, 6.07) is 2.47. The number of ether oxygens (including phenoxy) is 1. The molecule has 5 rings (SSSR count). The number of aliphatic carboxylic acids is 1. The average Bonchev–Trinajstić information content (AvgIpc) is 3.81. The third kappa shape index (κ3) is 11.1. The molecule has 47 heavy (non-hydrogen) atoms. The van der Waals surface area contributed by atoms with Gasteiger partial charge in [-0.25, -0.2) is 0 Å². The number of thiophene rings is 1. The molecule has 0 saturated heterocycles. The van der Waals surface area contributed by atoms with E-state index in [1.54, 1.807) is 11.3 Å². The summed E-state index contributed by atoms with van der Waals surface area (Å²) in [7, 11) is 0. The average molecular weight is 681 g/mol. The lowest BCUT2D eigenvalue weighted by Gasteiger charge is -2.24. The van der Waals surface area contributed by atoms with Gasteiger partial charge in [-0.2, -0.15) is 23.1 Å². The molecule has 2 aliphatic rings. The van der Waals surface area contributed by atoms with Crippen molar-refractivity contribution in [1.82, 2.24) is 30.0 Å². The van der Waals surface area contributed by atoms with Crippen molar-refractivity contribution in [3.05, 3.63) is 28.3 Å². The van der Waals surface area contributed by atoms with Crippen LogP contribution in [0, 0.1) is 5.92 Å². The van der Waals surface area contributed by atoms with E-state index in [9.17, 15) is 18.0 Å². The number of carboxylic acids is 1. The summed E-state index contributed by atoms with van der Waals surface area (Å²) in [4.78, 5) is 21.8. The topological polar surface area (TPSA) is 115 Å².